The van der Waals surface area contributed by atoms with Gasteiger partial charge in [0.1, 0.15) is 0 Å². The number of hydrogen-bond donors (Lipinski definition) is 2. The Morgan fingerprint density at radius 2 is 1.97 bits per heavy atom. The molecule has 0 radical (unpaired) electrons. The quantitative estimate of drug-likeness (QED) is 0.284. The van der Waals surface area contributed by atoms with E-state index in [1.807, 2.05) is 24.3 Å². The van der Waals surface area contributed by atoms with Crippen LogP contribution in [0.2, 0.25) is 5.02 Å². The molecule has 2 aromatic carbocycles. The number of nitrogens with zero attached hydrogens (tertiary/aromatic N) is 2. The number of amides is 3. The Morgan fingerprint density at radius 3 is 2.68 bits per heavy atom. The predicted octanol–water partition coefficient (Wildman–Crippen LogP) is 5.06. The Kier molecular flexibility index (Phi) is 6.71. The zero-order valence-corrected chi connectivity index (χ0v) is 18.8. The topological polar surface area (TPSA) is 101 Å². The molecule has 156 valence electrons. The van der Waals surface area contributed by atoms with Crippen molar-refractivity contribution in [1.82, 2.24) is 15.5 Å². The molecule has 1 aliphatic heterocycles. The van der Waals surface area contributed by atoms with Gasteiger partial charge in [-0.3, -0.25) is 25.0 Å². The molecule has 1 fully saturated rings. The average Bonchev–Trinajstić information content (AvgIpc) is 3.32. The van der Waals surface area contributed by atoms with Crippen molar-refractivity contribution >= 4 is 74.7 Å². The largest absolute Gasteiger partial charge is 0.296 e. The van der Waals surface area contributed by atoms with Crippen molar-refractivity contribution in [3.8, 4) is 0 Å². The summed E-state index contributed by atoms with van der Waals surface area (Å²) in [6, 6.07) is 14.3. The summed E-state index contributed by atoms with van der Waals surface area (Å²) >= 11 is 9.64. The fraction of sp³-hybridized carbons (Fsp3) is 0.0500. The normalized spacial score (nSPS) is 14.7. The molecular weight excluding hydrogens is 476 g/mol. The second kappa shape index (κ2) is 9.65. The number of nitrogens with one attached hydrogen (secondary N) is 2. The van der Waals surface area contributed by atoms with Crippen LogP contribution in [-0.4, -0.2) is 27.3 Å². The van der Waals surface area contributed by atoms with Crippen molar-refractivity contribution in [2.45, 2.75) is 10.1 Å². The van der Waals surface area contributed by atoms with E-state index in [1.54, 1.807) is 30.3 Å². The maximum Gasteiger partial charge on any atom is 0.290 e. The van der Waals surface area contributed by atoms with Crippen LogP contribution in [-0.2, 0) is 10.5 Å². The average molecular weight is 489 g/mol. The number of carbonyl (C=O) groups excluding carboxylic acids is 3. The second-order valence-corrected chi connectivity index (χ2v) is 9.87. The Morgan fingerprint density at radius 1 is 1.16 bits per heavy atom. The lowest BCUT2D eigenvalue weighted by atomic mass is 10.1. The molecule has 2 heterocycles. The molecule has 11 heteroatoms. The first-order valence-electron chi connectivity index (χ1n) is 8.83. The van der Waals surface area contributed by atoms with E-state index in [-0.39, 0.29) is 5.91 Å². The van der Waals surface area contributed by atoms with E-state index in [4.69, 9.17) is 11.6 Å². The van der Waals surface area contributed by atoms with Crippen molar-refractivity contribution in [3.05, 3.63) is 75.1 Å². The number of hydrogen-bond acceptors (Lipinski definition) is 8. The van der Waals surface area contributed by atoms with Gasteiger partial charge in [-0.25, -0.2) is 0 Å². The van der Waals surface area contributed by atoms with Gasteiger partial charge in [-0.15, -0.1) is 10.2 Å². The number of carbonyl (C=O) groups is 3. The van der Waals surface area contributed by atoms with Crippen LogP contribution < -0.4 is 10.6 Å². The Hall–Kier alpha value is -2.66. The lowest BCUT2D eigenvalue weighted by Crippen LogP contribution is -2.17. The lowest BCUT2D eigenvalue weighted by molar-refractivity contribution is -0.115. The number of imide groups is 1. The molecule has 1 aliphatic rings. The van der Waals surface area contributed by atoms with Crippen molar-refractivity contribution < 1.29 is 14.4 Å². The third-order valence-electron chi connectivity index (χ3n) is 3.99. The number of benzene rings is 2. The smallest absolute Gasteiger partial charge is 0.290 e. The van der Waals surface area contributed by atoms with Crippen LogP contribution >= 0.6 is 46.5 Å². The van der Waals surface area contributed by atoms with E-state index in [1.165, 1.54) is 23.1 Å². The summed E-state index contributed by atoms with van der Waals surface area (Å²) in [6.07, 6.45) is 1.60. The highest BCUT2D eigenvalue weighted by molar-refractivity contribution is 8.18. The summed E-state index contributed by atoms with van der Waals surface area (Å²) in [7, 11) is 0. The first kappa shape index (κ1) is 21.6. The summed E-state index contributed by atoms with van der Waals surface area (Å²) in [4.78, 5) is 35.6. The molecule has 0 atom stereocenters. The van der Waals surface area contributed by atoms with Crippen LogP contribution in [0.5, 0.6) is 0 Å². The van der Waals surface area contributed by atoms with Gasteiger partial charge in [-0.2, -0.15) is 0 Å². The summed E-state index contributed by atoms with van der Waals surface area (Å²) in [5.74, 6) is -0.0378. The molecular formula is C20H13ClN4O3S3. The van der Waals surface area contributed by atoms with Gasteiger partial charge in [0.25, 0.3) is 17.1 Å². The molecule has 1 saturated heterocycles. The molecule has 3 aromatic rings. The van der Waals surface area contributed by atoms with Gasteiger partial charge in [-0.1, -0.05) is 59.0 Å². The van der Waals surface area contributed by atoms with Crippen LogP contribution in [0.1, 0.15) is 21.5 Å². The molecule has 0 bridgehead atoms. The highest BCUT2D eigenvalue weighted by Crippen LogP contribution is 2.29. The zero-order valence-electron chi connectivity index (χ0n) is 15.6. The molecule has 0 unspecified atom stereocenters. The molecule has 0 spiro atoms. The highest BCUT2D eigenvalue weighted by atomic mass is 35.5. The van der Waals surface area contributed by atoms with Crippen LogP contribution in [0.15, 0.2) is 57.8 Å². The summed E-state index contributed by atoms with van der Waals surface area (Å²) < 4.78 is 0.735. The Bertz CT molecular complexity index is 1190. The zero-order chi connectivity index (χ0) is 21.8. The Balaban J connectivity index is 1.35. The van der Waals surface area contributed by atoms with Crippen molar-refractivity contribution in [2.24, 2.45) is 0 Å². The van der Waals surface area contributed by atoms with E-state index < -0.39 is 11.1 Å². The maximum absolute atomic E-state index is 12.5. The van der Waals surface area contributed by atoms with Gasteiger partial charge in [0.15, 0.2) is 4.34 Å². The summed E-state index contributed by atoms with van der Waals surface area (Å²) in [5, 5.41) is 13.7. The number of aromatic nitrogens is 2. The van der Waals surface area contributed by atoms with Gasteiger partial charge in [0.2, 0.25) is 5.13 Å². The molecule has 31 heavy (non-hydrogen) atoms. The minimum Gasteiger partial charge on any atom is -0.296 e. The van der Waals surface area contributed by atoms with E-state index in [0.29, 0.717) is 31.9 Å². The SMILES string of the molecule is O=C1NC(=O)/C(=C\c2ccc(C(=O)Nc3nnc(SCc4cccc(Cl)c4)s3)cc2)S1. The standard InChI is InChI=1S/C20H13ClN4O3S3/c21-14-3-1-2-12(8-14)10-29-20-25-24-18(31-20)22-16(26)13-6-4-11(5-7-13)9-15-17(27)23-19(28)30-15/h1-9H,10H2,(H,22,24,26)(H,23,27,28)/b15-9+. The monoisotopic (exact) mass is 488 g/mol. The number of rotatable bonds is 6. The lowest BCUT2D eigenvalue weighted by Gasteiger charge is -2.02. The van der Waals surface area contributed by atoms with E-state index in [9.17, 15) is 14.4 Å². The summed E-state index contributed by atoms with van der Waals surface area (Å²) in [5.41, 5.74) is 2.22. The minimum absolute atomic E-state index is 0.315. The first-order valence-corrected chi connectivity index (χ1v) is 11.8. The molecule has 7 nitrogen and oxygen atoms in total. The molecule has 3 amide bonds. The molecule has 4 rings (SSSR count). The fourth-order valence-corrected chi connectivity index (χ4v) is 5.15. The number of thioether (sulfide) groups is 2. The highest BCUT2D eigenvalue weighted by Gasteiger charge is 2.24. The van der Waals surface area contributed by atoms with Gasteiger partial charge < -0.3 is 0 Å². The predicted molar refractivity (Wildman–Crippen MR) is 124 cm³/mol. The van der Waals surface area contributed by atoms with Crippen molar-refractivity contribution in [2.75, 3.05) is 5.32 Å². The van der Waals surface area contributed by atoms with Crippen LogP contribution in [0.4, 0.5) is 9.93 Å². The number of halogens is 1. The van der Waals surface area contributed by atoms with Crippen molar-refractivity contribution in [3.63, 3.8) is 0 Å². The van der Waals surface area contributed by atoms with E-state index in [0.717, 1.165) is 21.7 Å². The van der Waals surface area contributed by atoms with E-state index >= 15 is 0 Å². The van der Waals surface area contributed by atoms with Gasteiger partial charge >= 0.3 is 0 Å². The third kappa shape index (κ3) is 5.73. The van der Waals surface area contributed by atoms with Crippen LogP contribution in [0.3, 0.4) is 0 Å². The van der Waals surface area contributed by atoms with Gasteiger partial charge in [0.05, 0.1) is 4.91 Å². The summed E-state index contributed by atoms with van der Waals surface area (Å²) in [6.45, 7) is 0. The first-order chi connectivity index (χ1) is 15.0. The fourth-order valence-electron chi connectivity index (χ4n) is 2.56. The maximum atomic E-state index is 12.5. The number of anilines is 1. The third-order valence-corrected chi connectivity index (χ3v) is 7.08. The molecule has 0 saturated carbocycles. The minimum atomic E-state index is -0.419. The van der Waals surface area contributed by atoms with Gasteiger partial charge in [-0.05, 0) is 53.2 Å². The Labute approximate surface area is 194 Å². The molecule has 0 aliphatic carbocycles. The van der Waals surface area contributed by atoms with E-state index in [2.05, 4.69) is 20.8 Å². The van der Waals surface area contributed by atoms with Crippen LogP contribution in [0, 0.1) is 0 Å². The van der Waals surface area contributed by atoms with Crippen LogP contribution in [0.25, 0.3) is 6.08 Å². The second-order valence-electron chi connectivity index (χ2n) is 6.22. The molecule has 2 N–H and O–H groups in total. The van der Waals surface area contributed by atoms with Crippen molar-refractivity contribution in [1.29, 1.82) is 0 Å². The molecule has 1 aromatic heterocycles. The van der Waals surface area contributed by atoms with Gasteiger partial charge in [0, 0.05) is 16.3 Å².